The number of hydrogen-bond donors (Lipinski definition) is 2. The predicted octanol–water partition coefficient (Wildman–Crippen LogP) is 2.87. The van der Waals surface area contributed by atoms with Gasteiger partial charge in [0.15, 0.2) is 0 Å². The van der Waals surface area contributed by atoms with Gasteiger partial charge in [0, 0.05) is 31.2 Å². The highest BCUT2D eigenvalue weighted by Crippen LogP contribution is 2.24. The van der Waals surface area contributed by atoms with Gasteiger partial charge >= 0.3 is 0 Å². The zero-order valence-corrected chi connectivity index (χ0v) is 20.0. The van der Waals surface area contributed by atoms with E-state index in [-0.39, 0.29) is 28.2 Å². The van der Waals surface area contributed by atoms with E-state index in [2.05, 4.69) is 10.0 Å². The van der Waals surface area contributed by atoms with Crippen LogP contribution in [0, 0.1) is 0 Å². The second-order valence-electron chi connectivity index (χ2n) is 8.58. The summed E-state index contributed by atoms with van der Waals surface area (Å²) in [5.74, 6) is -0.241. The fourth-order valence-electron chi connectivity index (χ4n) is 3.79. The molecular weight excluding hydrogens is 462 g/mol. The van der Waals surface area contributed by atoms with Gasteiger partial charge in [0.2, 0.25) is 26.0 Å². The van der Waals surface area contributed by atoms with E-state index in [4.69, 9.17) is 0 Å². The van der Waals surface area contributed by atoms with Crippen LogP contribution in [-0.2, 0) is 31.3 Å². The van der Waals surface area contributed by atoms with Crippen molar-refractivity contribution in [1.82, 2.24) is 9.03 Å². The number of aryl methyl sites for hydroxylation is 1. The molecule has 2 N–H and O–H groups in total. The molecule has 0 spiro atoms. The van der Waals surface area contributed by atoms with E-state index in [9.17, 15) is 21.6 Å². The maximum Gasteiger partial charge on any atom is 0.243 e. The number of hydrogen-bond acceptors (Lipinski definition) is 5. The molecule has 1 saturated carbocycles. The molecule has 2 aliphatic rings. The number of carbonyl (C=O) groups is 1. The molecule has 0 unspecified atom stereocenters. The van der Waals surface area contributed by atoms with Gasteiger partial charge in [-0.15, -0.1) is 0 Å². The van der Waals surface area contributed by atoms with Crippen molar-refractivity contribution in [2.24, 2.45) is 0 Å². The number of benzene rings is 2. The van der Waals surface area contributed by atoms with Crippen LogP contribution in [0.15, 0.2) is 58.3 Å². The number of nitrogens with one attached hydrogen (secondary N) is 2. The number of amides is 1. The zero-order chi connectivity index (χ0) is 23.5. The molecule has 0 aromatic heterocycles. The monoisotopic (exact) mass is 491 g/mol. The van der Waals surface area contributed by atoms with Gasteiger partial charge in [0.25, 0.3) is 0 Å². The normalized spacial score (nSPS) is 17.6. The third-order valence-electron chi connectivity index (χ3n) is 5.84. The summed E-state index contributed by atoms with van der Waals surface area (Å²) in [6.07, 6.45) is 5.14. The number of anilines is 1. The maximum absolute atomic E-state index is 12.9. The Hall–Kier alpha value is -2.27. The SMILES string of the molecule is O=C(CCc1ccc(S(=O)(=O)NC2CC2)cc1)Nc1cccc(S(=O)(=O)N2CCCCC2)c1. The van der Waals surface area contributed by atoms with E-state index >= 15 is 0 Å². The van der Waals surface area contributed by atoms with Crippen molar-refractivity contribution in [2.75, 3.05) is 18.4 Å². The van der Waals surface area contributed by atoms with Crippen LogP contribution in [0.2, 0.25) is 0 Å². The van der Waals surface area contributed by atoms with E-state index in [0.717, 1.165) is 37.7 Å². The van der Waals surface area contributed by atoms with E-state index in [1.807, 2.05) is 0 Å². The van der Waals surface area contributed by atoms with Crippen LogP contribution in [0.25, 0.3) is 0 Å². The molecule has 4 rings (SSSR count). The molecule has 1 saturated heterocycles. The lowest BCUT2D eigenvalue weighted by Gasteiger charge is -2.26. The third kappa shape index (κ3) is 6.20. The van der Waals surface area contributed by atoms with Gasteiger partial charge in [-0.1, -0.05) is 24.6 Å². The predicted molar refractivity (Wildman–Crippen MR) is 126 cm³/mol. The average Bonchev–Trinajstić information content (AvgIpc) is 3.62. The Bertz CT molecular complexity index is 1200. The quantitative estimate of drug-likeness (QED) is 0.560. The van der Waals surface area contributed by atoms with E-state index < -0.39 is 20.0 Å². The molecule has 0 radical (unpaired) electrons. The summed E-state index contributed by atoms with van der Waals surface area (Å²) in [7, 11) is -7.06. The van der Waals surface area contributed by atoms with Crippen molar-refractivity contribution >= 4 is 31.6 Å². The van der Waals surface area contributed by atoms with E-state index in [1.54, 1.807) is 42.5 Å². The molecule has 0 atom stereocenters. The zero-order valence-electron chi connectivity index (χ0n) is 18.4. The van der Waals surface area contributed by atoms with Crippen molar-refractivity contribution < 1.29 is 21.6 Å². The Morgan fingerprint density at radius 1 is 0.909 bits per heavy atom. The summed E-state index contributed by atoms with van der Waals surface area (Å²) >= 11 is 0. The Morgan fingerprint density at radius 2 is 1.61 bits per heavy atom. The van der Waals surface area contributed by atoms with Gasteiger partial charge in [-0.3, -0.25) is 4.79 Å². The molecule has 33 heavy (non-hydrogen) atoms. The number of carbonyl (C=O) groups excluding carboxylic acids is 1. The van der Waals surface area contributed by atoms with Gasteiger partial charge in [0.1, 0.15) is 0 Å². The van der Waals surface area contributed by atoms with Gasteiger partial charge < -0.3 is 5.32 Å². The molecule has 1 aliphatic carbocycles. The Balaban J connectivity index is 1.33. The highest BCUT2D eigenvalue weighted by atomic mass is 32.2. The summed E-state index contributed by atoms with van der Waals surface area (Å²) in [5, 5.41) is 2.76. The molecule has 8 nitrogen and oxygen atoms in total. The number of rotatable bonds is 9. The first kappa shape index (κ1) is 23.9. The number of piperidine rings is 1. The summed E-state index contributed by atoms with van der Waals surface area (Å²) in [5.41, 5.74) is 1.28. The summed E-state index contributed by atoms with van der Waals surface area (Å²) < 4.78 is 54.4. The Morgan fingerprint density at radius 3 is 2.27 bits per heavy atom. The molecule has 2 aromatic carbocycles. The summed E-state index contributed by atoms with van der Waals surface area (Å²) in [6.45, 7) is 1.05. The van der Waals surface area contributed by atoms with E-state index in [0.29, 0.717) is 25.2 Å². The molecule has 2 fully saturated rings. The molecule has 0 bridgehead atoms. The molecule has 1 aliphatic heterocycles. The lowest BCUT2D eigenvalue weighted by atomic mass is 10.1. The average molecular weight is 492 g/mol. The van der Waals surface area contributed by atoms with Crippen LogP contribution in [0.1, 0.15) is 44.1 Å². The molecule has 10 heteroatoms. The van der Waals surface area contributed by atoms with Gasteiger partial charge in [-0.2, -0.15) is 4.31 Å². The lowest BCUT2D eigenvalue weighted by Crippen LogP contribution is -2.35. The van der Waals surface area contributed by atoms with Crippen molar-refractivity contribution in [2.45, 2.75) is 60.8 Å². The fourth-order valence-corrected chi connectivity index (χ4v) is 6.66. The first-order valence-electron chi connectivity index (χ1n) is 11.3. The highest BCUT2D eigenvalue weighted by Gasteiger charge is 2.28. The van der Waals surface area contributed by atoms with Crippen LogP contribution >= 0.6 is 0 Å². The Labute approximate surface area is 195 Å². The lowest BCUT2D eigenvalue weighted by molar-refractivity contribution is -0.116. The standard InChI is InChI=1S/C23H29N3O5S2/c27-23(14-9-18-7-12-21(13-8-18)32(28,29)25-19-10-11-19)24-20-5-4-6-22(17-20)33(30,31)26-15-2-1-3-16-26/h4-8,12-13,17,19,25H,1-3,9-11,14-16H2,(H,24,27). The summed E-state index contributed by atoms with van der Waals surface area (Å²) in [4.78, 5) is 12.8. The Kier molecular flexibility index (Phi) is 7.18. The molecule has 2 aromatic rings. The van der Waals surface area contributed by atoms with Gasteiger partial charge in [0.05, 0.1) is 9.79 Å². The minimum absolute atomic E-state index is 0.0479. The number of nitrogens with zero attached hydrogens (tertiary/aromatic N) is 1. The van der Waals surface area contributed by atoms with Crippen LogP contribution < -0.4 is 10.0 Å². The fraction of sp³-hybridized carbons (Fsp3) is 0.435. The smallest absolute Gasteiger partial charge is 0.243 e. The first-order valence-corrected chi connectivity index (χ1v) is 14.2. The summed E-state index contributed by atoms with van der Waals surface area (Å²) in [6, 6.07) is 12.9. The van der Waals surface area contributed by atoms with Crippen molar-refractivity contribution in [1.29, 1.82) is 0 Å². The largest absolute Gasteiger partial charge is 0.326 e. The first-order chi connectivity index (χ1) is 15.7. The molecule has 1 amide bonds. The van der Waals surface area contributed by atoms with Crippen LogP contribution in [0.3, 0.4) is 0 Å². The second-order valence-corrected chi connectivity index (χ2v) is 12.2. The molecule has 1 heterocycles. The highest BCUT2D eigenvalue weighted by molar-refractivity contribution is 7.89. The number of sulfonamides is 2. The van der Waals surface area contributed by atoms with Crippen LogP contribution in [0.4, 0.5) is 5.69 Å². The van der Waals surface area contributed by atoms with Crippen molar-refractivity contribution in [3.05, 3.63) is 54.1 Å². The van der Waals surface area contributed by atoms with Gasteiger partial charge in [-0.25, -0.2) is 21.6 Å². The maximum atomic E-state index is 12.9. The molecular formula is C23H29N3O5S2. The van der Waals surface area contributed by atoms with Crippen molar-refractivity contribution in [3.63, 3.8) is 0 Å². The second kappa shape index (κ2) is 9.92. The van der Waals surface area contributed by atoms with Gasteiger partial charge in [-0.05, 0) is 68.0 Å². The van der Waals surface area contributed by atoms with E-state index in [1.165, 1.54) is 10.4 Å². The minimum atomic E-state index is -3.57. The minimum Gasteiger partial charge on any atom is -0.326 e. The third-order valence-corrected chi connectivity index (χ3v) is 9.28. The topological polar surface area (TPSA) is 113 Å². The van der Waals surface area contributed by atoms with Crippen LogP contribution in [0.5, 0.6) is 0 Å². The van der Waals surface area contributed by atoms with Crippen LogP contribution in [-0.4, -0.2) is 46.2 Å². The van der Waals surface area contributed by atoms with Crippen molar-refractivity contribution in [3.8, 4) is 0 Å². The molecule has 178 valence electrons.